The Morgan fingerprint density at radius 1 is 1.26 bits per heavy atom. The predicted molar refractivity (Wildman–Crippen MR) is 89.7 cm³/mol. The molecule has 5 nitrogen and oxygen atoms in total. The molecule has 0 saturated heterocycles. The number of benzene rings is 1. The zero-order chi connectivity index (χ0) is 16.4. The largest absolute Gasteiger partial charge is 0.360 e. The molecule has 6 heteroatoms. The molecule has 2 aromatic heterocycles. The maximum absolute atomic E-state index is 12.5. The molecule has 3 aromatic rings. The number of carbonyl (C=O) groups excluding carboxylic acids is 1. The number of rotatable bonds is 3. The third kappa shape index (κ3) is 2.96. The van der Waals surface area contributed by atoms with Crippen molar-refractivity contribution in [3.8, 4) is 0 Å². The minimum atomic E-state index is -0.419. The monoisotopic (exact) mass is 327 g/mol. The highest BCUT2D eigenvalue weighted by molar-refractivity contribution is 6.32. The Morgan fingerprint density at radius 2 is 2.00 bits per heavy atom. The van der Waals surface area contributed by atoms with Gasteiger partial charge in [-0.15, -0.1) is 0 Å². The third-order valence-corrected chi connectivity index (χ3v) is 4.11. The highest BCUT2D eigenvalue weighted by Crippen LogP contribution is 2.21. The van der Waals surface area contributed by atoms with Crippen molar-refractivity contribution in [3.05, 3.63) is 74.8 Å². The number of nitrogens with zero attached hydrogens (tertiary/aromatic N) is 1. The Balaban J connectivity index is 1.91. The summed E-state index contributed by atoms with van der Waals surface area (Å²) in [6.07, 6.45) is 4.73. The number of H-pyrrole nitrogens is 1. The smallest absolute Gasteiger partial charge is 0.257 e. The molecule has 0 aliphatic heterocycles. The van der Waals surface area contributed by atoms with Gasteiger partial charge in [-0.2, -0.15) is 0 Å². The molecule has 0 saturated carbocycles. The van der Waals surface area contributed by atoms with Crippen LogP contribution in [0.5, 0.6) is 0 Å². The highest BCUT2D eigenvalue weighted by atomic mass is 35.5. The minimum absolute atomic E-state index is 0.0771. The fourth-order valence-electron chi connectivity index (χ4n) is 2.36. The van der Waals surface area contributed by atoms with Crippen LogP contribution in [0.2, 0.25) is 5.02 Å². The summed E-state index contributed by atoms with van der Waals surface area (Å²) in [4.78, 5) is 31.7. The number of carbonyl (C=O) groups is 1. The number of hydrogen-bond acceptors (Lipinski definition) is 3. The molecule has 116 valence electrons. The molecule has 23 heavy (non-hydrogen) atoms. The summed E-state index contributed by atoms with van der Waals surface area (Å²) in [5.41, 5.74) is 2.10. The third-order valence-electron chi connectivity index (χ3n) is 3.70. The van der Waals surface area contributed by atoms with Crippen LogP contribution in [-0.2, 0) is 6.54 Å². The summed E-state index contributed by atoms with van der Waals surface area (Å²) in [6, 6.07) is 6.89. The zero-order valence-electron chi connectivity index (χ0n) is 12.4. The Labute approximate surface area is 137 Å². The average molecular weight is 328 g/mol. The lowest BCUT2D eigenvalue weighted by Crippen LogP contribution is -2.28. The van der Waals surface area contributed by atoms with Gasteiger partial charge in [0.2, 0.25) is 5.43 Å². The van der Waals surface area contributed by atoms with Gasteiger partial charge in [-0.1, -0.05) is 11.6 Å². The van der Waals surface area contributed by atoms with Crippen molar-refractivity contribution in [1.29, 1.82) is 0 Å². The van der Waals surface area contributed by atoms with Gasteiger partial charge in [0.1, 0.15) is 5.56 Å². The second-order valence-corrected chi connectivity index (χ2v) is 5.57. The van der Waals surface area contributed by atoms with Gasteiger partial charge in [0.15, 0.2) is 0 Å². The molecule has 3 rings (SSSR count). The molecule has 0 unspecified atom stereocenters. The standard InChI is InChI=1S/C17H14ClN3O2/c1-10-14(18)3-2-12-15(10)20-9-13(16(12)22)17(23)21-8-11-4-6-19-7-5-11/h2-7,9H,8H2,1H3,(H,20,22)(H,21,23). The van der Waals surface area contributed by atoms with Gasteiger partial charge in [-0.3, -0.25) is 14.6 Å². The van der Waals surface area contributed by atoms with Crippen molar-refractivity contribution in [1.82, 2.24) is 15.3 Å². The van der Waals surface area contributed by atoms with Crippen LogP contribution in [0.1, 0.15) is 21.5 Å². The molecule has 0 atom stereocenters. The fraction of sp³-hybridized carbons (Fsp3) is 0.118. The first-order valence-electron chi connectivity index (χ1n) is 7.05. The molecule has 1 amide bonds. The van der Waals surface area contributed by atoms with E-state index in [1.807, 2.05) is 6.92 Å². The van der Waals surface area contributed by atoms with Crippen molar-refractivity contribution in [2.24, 2.45) is 0 Å². The molecule has 0 fully saturated rings. The fourth-order valence-corrected chi connectivity index (χ4v) is 2.52. The van der Waals surface area contributed by atoms with E-state index in [1.165, 1.54) is 6.20 Å². The number of aryl methyl sites for hydroxylation is 1. The Hall–Kier alpha value is -2.66. The number of aromatic amines is 1. The topological polar surface area (TPSA) is 74.8 Å². The summed E-state index contributed by atoms with van der Waals surface area (Å²) >= 11 is 6.05. The molecule has 2 N–H and O–H groups in total. The first kappa shape index (κ1) is 15.2. The number of nitrogens with one attached hydrogen (secondary N) is 2. The van der Waals surface area contributed by atoms with Crippen LogP contribution >= 0.6 is 11.6 Å². The lowest BCUT2D eigenvalue weighted by Gasteiger charge is -2.08. The number of pyridine rings is 2. The average Bonchev–Trinajstić information content (AvgIpc) is 2.57. The second-order valence-electron chi connectivity index (χ2n) is 5.16. The molecular formula is C17H14ClN3O2. The Kier molecular flexibility index (Phi) is 4.12. The van der Waals surface area contributed by atoms with Gasteiger partial charge in [0, 0.05) is 35.5 Å². The second kappa shape index (κ2) is 6.22. The molecule has 1 aromatic carbocycles. The molecule has 0 aliphatic carbocycles. The van der Waals surface area contributed by atoms with Crippen LogP contribution in [-0.4, -0.2) is 15.9 Å². The van der Waals surface area contributed by atoms with Crippen molar-refractivity contribution >= 4 is 28.4 Å². The van der Waals surface area contributed by atoms with E-state index in [0.717, 1.165) is 11.1 Å². The lowest BCUT2D eigenvalue weighted by atomic mass is 10.1. The van der Waals surface area contributed by atoms with E-state index < -0.39 is 5.91 Å². The molecule has 0 radical (unpaired) electrons. The van der Waals surface area contributed by atoms with Gasteiger partial charge in [-0.05, 0) is 42.3 Å². The first-order chi connectivity index (χ1) is 11.1. The van der Waals surface area contributed by atoms with Gasteiger partial charge in [0.05, 0.1) is 5.52 Å². The summed E-state index contributed by atoms with van der Waals surface area (Å²) in [5.74, 6) is -0.419. The van der Waals surface area contributed by atoms with E-state index in [1.54, 1.807) is 36.7 Å². The van der Waals surface area contributed by atoms with Crippen molar-refractivity contribution in [3.63, 3.8) is 0 Å². The molecule has 0 bridgehead atoms. The van der Waals surface area contributed by atoms with E-state index in [0.29, 0.717) is 22.5 Å². The van der Waals surface area contributed by atoms with Gasteiger partial charge in [0.25, 0.3) is 5.91 Å². The summed E-state index contributed by atoms with van der Waals surface area (Å²) < 4.78 is 0. The van der Waals surface area contributed by atoms with Gasteiger partial charge < -0.3 is 10.3 Å². The van der Waals surface area contributed by atoms with Gasteiger partial charge >= 0.3 is 0 Å². The summed E-state index contributed by atoms with van der Waals surface area (Å²) in [6.45, 7) is 2.16. The van der Waals surface area contributed by atoms with E-state index in [4.69, 9.17) is 11.6 Å². The zero-order valence-corrected chi connectivity index (χ0v) is 13.1. The number of fused-ring (bicyclic) bond motifs is 1. The summed E-state index contributed by atoms with van der Waals surface area (Å²) in [5, 5.41) is 3.75. The number of hydrogen-bond donors (Lipinski definition) is 2. The number of aromatic nitrogens is 2. The first-order valence-corrected chi connectivity index (χ1v) is 7.43. The molecule has 0 aliphatic rings. The quantitative estimate of drug-likeness (QED) is 0.776. The van der Waals surface area contributed by atoms with Crippen molar-refractivity contribution in [2.75, 3.05) is 0 Å². The maximum Gasteiger partial charge on any atom is 0.257 e. The van der Waals surface area contributed by atoms with Crippen molar-refractivity contribution < 1.29 is 4.79 Å². The van der Waals surface area contributed by atoms with Gasteiger partial charge in [-0.25, -0.2) is 0 Å². The maximum atomic E-state index is 12.5. The van der Waals surface area contributed by atoms with E-state index in [9.17, 15) is 9.59 Å². The van der Waals surface area contributed by atoms with Crippen LogP contribution in [0.3, 0.4) is 0 Å². The van der Waals surface area contributed by atoms with E-state index >= 15 is 0 Å². The molecule has 0 spiro atoms. The predicted octanol–water partition coefficient (Wildman–Crippen LogP) is 2.81. The van der Waals surface area contributed by atoms with Crippen LogP contribution in [0.25, 0.3) is 10.9 Å². The van der Waals surface area contributed by atoms with E-state index in [2.05, 4.69) is 15.3 Å². The van der Waals surface area contributed by atoms with Crippen LogP contribution < -0.4 is 10.7 Å². The Bertz CT molecular complexity index is 936. The van der Waals surface area contributed by atoms with Crippen LogP contribution in [0, 0.1) is 6.92 Å². The normalized spacial score (nSPS) is 10.7. The van der Waals surface area contributed by atoms with Crippen molar-refractivity contribution in [2.45, 2.75) is 13.5 Å². The highest BCUT2D eigenvalue weighted by Gasteiger charge is 2.14. The summed E-state index contributed by atoms with van der Waals surface area (Å²) in [7, 11) is 0. The lowest BCUT2D eigenvalue weighted by molar-refractivity contribution is 0.0949. The van der Waals surface area contributed by atoms with Crippen LogP contribution in [0.4, 0.5) is 0 Å². The Morgan fingerprint density at radius 3 is 2.74 bits per heavy atom. The number of amides is 1. The molecular weight excluding hydrogens is 314 g/mol. The SMILES string of the molecule is Cc1c(Cl)ccc2c(=O)c(C(=O)NCc3ccncc3)c[nH]c12. The minimum Gasteiger partial charge on any atom is -0.360 e. The molecule has 2 heterocycles. The number of halogens is 1. The van der Waals surface area contributed by atoms with E-state index in [-0.39, 0.29) is 11.0 Å². The van der Waals surface area contributed by atoms with Crippen LogP contribution in [0.15, 0.2) is 47.7 Å².